The fraction of sp³-hybridized carbons (Fsp3) is 0.462. The lowest BCUT2D eigenvalue weighted by atomic mass is 10.1. The van der Waals surface area contributed by atoms with Crippen molar-refractivity contribution in [1.29, 1.82) is 0 Å². The molecule has 1 rings (SSSR count). The molecule has 5 nitrogen and oxygen atoms in total. The van der Waals surface area contributed by atoms with Gasteiger partial charge in [-0.05, 0) is 17.7 Å². The van der Waals surface area contributed by atoms with Gasteiger partial charge in [0.2, 0.25) is 5.91 Å². The maximum Gasteiger partial charge on any atom is 0.222 e. The minimum atomic E-state index is -0.764. The van der Waals surface area contributed by atoms with E-state index in [0.717, 1.165) is 0 Å². The molecule has 2 atom stereocenters. The Hall–Kier alpha value is -0.850. The Morgan fingerprint density at radius 2 is 2.05 bits per heavy atom. The van der Waals surface area contributed by atoms with Gasteiger partial charge in [0.25, 0.3) is 0 Å². The van der Waals surface area contributed by atoms with E-state index in [1.807, 2.05) is 0 Å². The second kappa shape index (κ2) is 9.96. The van der Waals surface area contributed by atoms with Gasteiger partial charge in [0.15, 0.2) is 0 Å². The monoisotopic (exact) mass is 322 g/mol. The van der Waals surface area contributed by atoms with Crippen molar-refractivity contribution in [3.63, 3.8) is 0 Å². The van der Waals surface area contributed by atoms with E-state index in [1.54, 1.807) is 24.3 Å². The molecule has 0 aromatic heterocycles. The molecule has 0 fully saturated rings. The third-order valence-electron chi connectivity index (χ3n) is 2.76. The van der Waals surface area contributed by atoms with Gasteiger partial charge in [-0.25, -0.2) is 0 Å². The molecule has 1 aromatic rings. The molecular formula is C13H20Cl2N2O3. The molecule has 1 aromatic carbocycles. The normalized spacial score (nSPS) is 13.2. The molecule has 114 valence electrons. The van der Waals surface area contributed by atoms with Gasteiger partial charge in [0.1, 0.15) is 0 Å². The number of amides is 1. The van der Waals surface area contributed by atoms with Crippen LogP contribution >= 0.6 is 24.0 Å². The summed E-state index contributed by atoms with van der Waals surface area (Å²) in [5.41, 5.74) is 6.13. The van der Waals surface area contributed by atoms with Crippen LogP contribution in [0.3, 0.4) is 0 Å². The van der Waals surface area contributed by atoms with Crippen LogP contribution < -0.4 is 11.1 Å². The first-order valence-electron chi connectivity index (χ1n) is 6.00. The standard InChI is InChI=1S/C13H19ClN2O3.ClH/c1-19-11(7-15)6-13(18)16-8-12(17)9-2-4-10(14)5-3-9;/h2-5,11-12,17H,6-8,15H2,1H3,(H,16,18);1H. The molecule has 20 heavy (non-hydrogen) atoms. The van der Waals surface area contributed by atoms with E-state index < -0.39 is 6.10 Å². The minimum absolute atomic E-state index is 0. The zero-order valence-electron chi connectivity index (χ0n) is 11.2. The van der Waals surface area contributed by atoms with E-state index in [9.17, 15) is 9.90 Å². The van der Waals surface area contributed by atoms with E-state index in [1.165, 1.54) is 7.11 Å². The fourth-order valence-corrected chi connectivity index (χ4v) is 1.68. The van der Waals surface area contributed by atoms with Gasteiger partial charge in [-0.15, -0.1) is 12.4 Å². The lowest BCUT2D eigenvalue weighted by molar-refractivity contribution is -0.123. The second-order valence-electron chi connectivity index (χ2n) is 4.17. The molecule has 0 spiro atoms. The summed E-state index contributed by atoms with van der Waals surface area (Å²) in [6.07, 6.45) is -0.881. The molecule has 0 heterocycles. The van der Waals surface area contributed by atoms with Crippen LogP contribution in [0.5, 0.6) is 0 Å². The SMILES string of the molecule is COC(CN)CC(=O)NCC(O)c1ccc(Cl)cc1.Cl. The molecule has 4 N–H and O–H groups in total. The second-order valence-corrected chi connectivity index (χ2v) is 4.61. The number of aliphatic hydroxyl groups is 1. The highest BCUT2D eigenvalue weighted by Crippen LogP contribution is 2.15. The first-order chi connectivity index (χ1) is 9.06. The van der Waals surface area contributed by atoms with Gasteiger partial charge in [0, 0.05) is 25.2 Å². The molecule has 0 aliphatic carbocycles. The van der Waals surface area contributed by atoms with Crippen molar-refractivity contribution in [1.82, 2.24) is 5.32 Å². The van der Waals surface area contributed by atoms with Crippen LogP contribution in [0.4, 0.5) is 0 Å². The van der Waals surface area contributed by atoms with E-state index in [4.69, 9.17) is 22.1 Å². The van der Waals surface area contributed by atoms with Gasteiger partial charge >= 0.3 is 0 Å². The fourth-order valence-electron chi connectivity index (χ4n) is 1.56. The van der Waals surface area contributed by atoms with Crippen molar-refractivity contribution in [2.75, 3.05) is 20.2 Å². The molecule has 0 radical (unpaired) electrons. The average molecular weight is 323 g/mol. The molecule has 2 unspecified atom stereocenters. The Morgan fingerprint density at radius 1 is 1.45 bits per heavy atom. The van der Waals surface area contributed by atoms with Gasteiger partial charge in [-0.2, -0.15) is 0 Å². The Kier molecular flexibility index (Phi) is 9.54. The summed E-state index contributed by atoms with van der Waals surface area (Å²) < 4.78 is 5.01. The lowest BCUT2D eigenvalue weighted by Gasteiger charge is -2.15. The molecule has 0 aliphatic heterocycles. The van der Waals surface area contributed by atoms with E-state index >= 15 is 0 Å². The van der Waals surface area contributed by atoms with E-state index in [2.05, 4.69) is 5.32 Å². The zero-order chi connectivity index (χ0) is 14.3. The number of halogens is 2. The first kappa shape index (κ1) is 19.1. The summed E-state index contributed by atoms with van der Waals surface area (Å²) >= 11 is 5.76. The number of rotatable bonds is 7. The molecular weight excluding hydrogens is 303 g/mol. The van der Waals surface area contributed by atoms with Crippen LogP contribution in [0.1, 0.15) is 18.1 Å². The van der Waals surface area contributed by atoms with Gasteiger partial charge in [0.05, 0.1) is 18.6 Å². The molecule has 0 bridgehead atoms. The topological polar surface area (TPSA) is 84.6 Å². The predicted molar refractivity (Wildman–Crippen MR) is 81.1 cm³/mol. The molecule has 0 saturated heterocycles. The summed E-state index contributed by atoms with van der Waals surface area (Å²) in [6, 6.07) is 6.82. The highest BCUT2D eigenvalue weighted by molar-refractivity contribution is 6.30. The summed E-state index contributed by atoms with van der Waals surface area (Å²) in [7, 11) is 1.51. The summed E-state index contributed by atoms with van der Waals surface area (Å²) in [5.74, 6) is -0.203. The number of nitrogens with one attached hydrogen (secondary N) is 1. The highest BCUT2D eigenvalue weighted by Gasteiger charge is 2.13. The van der Waals surface area contributed by atoms with Crippen LogP contribution in [0.15, 0.2) is 24.3 Å². The number of aliphatic hydroxyl groups excluding tert-OH is 1. The summed E-state index contributed by atoms with van der Waals surface area (Å²) in [5, 5.41) is 13.1. The molecule has 1 amide bonds. The van der Waals surface area contributed by atoms with Gasteiger partial charge in [-0.3, -0.25) is 4.79 Å². The smallest absolute Gasteiger partial charge is 0.222 e. The Morgan fingerprint density at radius 3 is 2.55 bits per heavy atom. The number of nitrogens with two attached hydrogens (primary N) is 1. The summed E-state index contributed by atoms with van der Waals surface area (Å²) in [6.45, 7) is 0.422. The zero-order valence-corrected chi connectivity index (χ0v) is 12.8. The summed E-state index contributed by atoms with van der Waals surface area (Å²) in [4.78, 5) is 11.6. The van der Waals surface area contributed by atoms with E-state index in [0.29, 0.717) is 10.6 Å². The van der Waals surface area contributed by atoms with Gasteiger partial charge < -0.3 is 20.9 Å². The maximum absolute atomic E-state index is 11.6. The van der Waals surface area contributed by atoms with Crippen LogP contribution in [0.2, 0.25) is 5.02 Å². The number of hydrogen-bond acceptors (Lipinski definition) is 4. The Balaban J connectivity index is 0.00000361. The highest BCUT2D eigenvalue weighted by atomic mass is 35.5. The Labute approximate surface area is 129 Å². The molecule has 0 aliphatic rings. The number of benzene rings is 1. The number of hydrogen-bond donors (Lipinski definition) is 3. The number of carbonyl (C=O) groups excluding carboxylic acids is 1. The van der Waals surface area contributed by atoms with Crippen molar-refractivity contribution in [2.45, 2.75) is 18.6 Å². The molecule has 0 saturated carbocycles. The quantitative estimate of drug-likeness (QED) is 0.706. The van der Waals surface area contributed by atoms with Crippen molar-refractivity contribution >= 4 is 29.9 Å². The largest absolute Gasteiger partial charge is 0.387 e. The van der Waals surface area contributed by atoms with Gasteiger partial charge in [-0.1, -0.05) is 23.7 Å². The van der Waals surface area contributed by atoms with Crippen molar-refractivity contribution < 1.29 is 14.6 Å². The van der Waals surface area contributed by atoms with Crippen molar-refractivity contribution in [3.05, 3.63) is 34.9 Å². The molecule has 7 heteroatoms. The predicted octanol–water partition coefficient (Wildman–Crippen LogP) is 1.28. The van der Waals surface area contributed by atoms with E-state index in [-0.39, 0.29) is 43.9 Å². The average Bonchev–Trinajstić information content (AvgIpc) is 2.43. The van der Waals surface area contributed by atoms with Crippen LogP contribution in [0, 0.1) is 0 Å². The lowest BCUT2D eigenvalue weighted by Crippen LogP contribution is -2.34. The van der Waals surface area contributed by atoms with Crippen LogP contribution in [0.25, 0.3) is 0 Å². The number of carbonyl (C=O) groups is 1. The minimum Gasteiger partial charge on any atom is -0.387 e. The maximum atomic E-state index is 11.6. The Bertz CT molecular complexity index is 397. The van der Waals surface area contributed by atoms with Crippen molar-refractivity contribution in [3.8, 4) is 0 Å². The van der Waals surface area contributed by atoms with Crippen LogP contribution in [-0.2, 0) is 9.53 Å². The number of ether oxygens (including phenoxy) is 1. The third-order valence-corrected chi connectivity index (χ3v) is 3.01. The number of methoxy groups -OCH3 is 1. The van der Waals surface area contributed by atoms with Crippen molar-refractivity contribution in [2.24, 2.45) is 5.73 Å². The third kappa shape index (κ3) is 6.54. The van der Waals surface area contributed by atoms with Crippen LogP contribution in [-0.4, -0.2) is 37.3 Å². The first-order valence-corrected chi connectivity index (χ1v) is 6.37.